The maximum atomic E-state index is 12.7. The Morgan fingerprint density at radius 1 is 1.16 bits per heavy atom. The number of hydrogen-bond donors (Lipinski definition) is 0. The molecule has 0 aromatic heterocycles. The van der Waals surface area contributed by atoms with Crippen LogP contribution in [0.15, 0.2) is 30.3 Å². The summed E-state index contributed by atoms with van der Waals surface area (Å²) in [4.78, 5) is 12.7. The second-order valence-corrected chi connectivity index (χ2v) is 5.79. The van der Waals surface area contributed by atoms with E-state index in [2.05, 4.69) is 12.1 Å². The van der Waals surface area contributed by atoms with Crippen LogP contribution in [-0.4, -0.2) is 18.5 Å². The Morgan fingerprint density at radius 2 is 1.79 bits per heavy atom. The molecule has 0 N–H and O–H groups in total. The molecule has 2 rings (SSSR count). The van der Waals surface area contributed by atoms with Crippen LogP contribution in [0.5, 0.6) is 0 Å². The van der Waals surface area contributed by atoms with Crippen LogP contribution in [0.1, 0.15) is 51.5 Å². The van der Waals surface area contributed by atoms with Crippen molar-refractivity contribution in [2.24, 2.45) is 0 Å². The molecule has 0 heterocycles. The van der Waals surface area contributed by atoms with Gasteiger partial charge >= 0.3 is 0 Å². The minimum absolute atomic E-state index is 0.111. The Morgan fingerprint density at radius 3 is 2.37 bits per heavy atom. The summed E-state index contributed by atoms with van der Waals surface area (Å²) < 4.78 is 5.55. The molecule has 1 saturated carbocycles. The maximum Gasteiger partial charge on any atom is 0.168 e. The van der Waals surface area contributed by atoms with E-state index in [0.29, 0.717) is 0 Å². The molecule has 2 heteroatoms. The molecule has 19 heavy (non-hydrogen) atoms. The highest BCUT2D eigenvalue weighted by Gasteiger charge is 2.40. The van der Waals surface area contributed by atoms with Crippen molar-refractivity contribution in [3.05, 3.63) is 35.9 Å². The summed E-state index contributed by atoms with van der Waals surface area (Å²) in [6, 6.07) is 10.3. The Bertz CT molecular complexity index is 403. The lowest BCUT2D eigenvalue weighted by Crippen LogP contribution is -2.40. The summed E-state index contributed by atoms with van der Waals surface area (Å²) in [6.07, 6.45) is 5.58. The SMILES string of the molecule is CC(C)OCC(=O)C1(c2ccccc2)CCCCC1. The number of Topliss-reactive ketones (excluding diaryl/α,β-unsaturated/α-hetero) is 1. The van der Waals surface area contributed by atoms with E-state index >= 15 is 0 Å². The number of carbonyl (C=O) groups is 1. The highest BCUT2D eigenvalue weighted by molar-refractivity contribution is 5.91. The number of ether oxygens (including phenoxy) is 1. The topological polar surface area (TPSA) is 26.3 Å². The van der Waals surface area contributed by atoms with Gasteiger partial charge in [-0.05, 0) is 32.3 Å². The molecular formula is C17H24O2. The van der Waals surface area contributed by atoms with Crippen molar-refractivity contribution >= 4 is 5.78 Å². The summed E-state index contributed by atoms with van der Waals surface area (Å²) in [6.45, 7) is 4.19. The van der Waals surface area contributed by atoms with Gasteiger partial charge < -0.3 is 4.74 Å². The van der Waals surface area contributed by atoms with Gasteiger partial charge in [-0.1, -0.05) is 49.6 Å². The summed E-state index contributed by atoms with van der Waals surface area (Å²) in [5.74, 6) is 0.257. The van der Waals surface area contributed by atoms with Crippen LogP contribution in [-0.2, 0) is 14.9 Å². The Hall–Kier alpha value is -1.15. The predicted octanol–water partition coefficient (Wildman–Crippen LogP) is 3.88. The summed E-state index contributed by atoms with van der Waals surface area (Å²) in [7, 11) is 0. The highest BCUT2D eigenvalue weighted by atomic mass is 16.5. The lowest BCUT2D eigenvalue weighted by Gasteiger charge is -2.36. The van der Waals surface area contributed by atoms with E-state index in [-0.39, 0.29) is 23.9 Å². The normalized spacial score (nSPS) is 18.5. The average molecular weight is 260 g/mol. The summed E-state index contributed by atoms with van der Waals surface area (Å²) in [5.41, 5.74) is 0.876. The quantitative estimate of drug-likeness (QED) is 0.803. The van der Waals surface area contributed by atoms with Crippen molar-refractivity contribution in [1.29, 1.82) is 0 Å². The molecule has 104 valence electrons. The minimum atomic E-state index is -0.297. The molecule has 0 atom stereocenters. The summed E-state index contributed by atoms with van der Waals surface area (Å²) in [5, 5.41) is 0. The first-order valence-electron chi connectivity index (χ1n) is 7.35. The zero-order valence-corrected chi connectivity index (χ0v) is 12.0. The number of benzene rings is 1. The zero-order chi connectivity index (χ0) is 13.7. The molecule has 0 unspecified atom stereocenters. The Labute approximate surface area is 116 Å². The van der Waals surface area contributed by atoms with Crippen LogP contribution in [0, 0.1) is 0 Å². The fraction of sp³-hybridized carbons (Fsp3) is 0.588. The first-order chi connectivity index (χ1) is 9.15. The summed E-state index contributed by atoms with van der Waals surface area (Å²) >= 11 is 0. The molecule has 1 aromatic carbocycles. The van der Waals surface area contributed by atoms with Crippen LogP contribution < -0.4 is 0 Å². The molecule has 0 amide bonds. The minimum Gasteiger partial charge on any atom is -0.371 e. The molecule has 2 nitrogen and oxygen atoms in total. The molecule has 1 aliphatic rings. The monoisotopic (exact) mass is 260 g/mol. The number of carbonyl (C=O) groups excluding carboxylic acids is 1. The lowest BCUT2D eigenvalue weighted by atomic mass is 9.67. The molecule has 1 aromatic rings. The molecule has 1 fully saturated rings. The van der Waals surface area contributed by atoms with Crippen molar-refractivity contribution in [2.45, 2.75) is 57.5 Å². The average Bonchev–Trinajstić information content (AvgIpc) is 2.46. The largest absolute Gasteiger partial charge is 0.371 e. The van der Waals surface area contributed by atoms with E-state index in [1.807, 2.05) is 32.0 Å². The van der Waals surface area contributed by atoms with E-state index in [4.69, 9.17) is 4.74 Å². The predicted molar refractivity (Wildman–Crippen MR) is 77.3 cm³/mol. The van der Waals surface area contributed by atoms with Crippen LogP contribution >= 0.6 is 0 Å². The molecular weight excluding hydrogens is 236 g/mol. The third-order valence-electron chi connectivity index (χ3n) is 4.11. The van der Waals surface area contributed by atoms with Gasteiger partial charge in [-0.25, -0.2) is 0 Å². The van der Waals surface area contributed by atoms with Gasteiger partial charge in [0.15, 0.2) is 5.78 Å². The van der Waals surface area contributed by atoms with Gasteiger partial charge in [0.05, 0.1) is 11.5 Å². The van der Waals surface area contributed by atoms with Crippen molar-refractivity contribution in [1.82, 2.24) is 0 Å². The van der Waals surface area contributed by atoms with E-state index in [0.717, 1.165) is 25.7 Å². The van der Waals surface area contributed by atoms with Crippen molar-refractivity contribution in [3.8, 4) is 0 Å². The van der Waals surface area contributed by atoms with E-state index in [1.165, 1.54) is 12.0 Å². The third kappa shape index (κ3) is 3.24. The van der Waals surface area contributed by atoms with Gasteiger partial charge in [-0.3, -0.25) is 4.79 Å². The second-order valence-electron chi connectivity index (χ2n) is 5.79. The first-order valence-corrected chi connectivity index (χ1v) is 7.35. The van der Waals surface area contributed by atoms with Crippen molar-refractivity contribution < 1.29 is 9.53 Å². The Balaban J connectivity index is 2.22. The molecule has 0 aliphatic heterocycles. The van der Waals surface area contributed by atoms with Crippen molar-refractivity contribution in [2.75, 3.05) is 6.61 Å². The standard InChI is InChI=1S/C17H24O2/c1-14(2)19-13-16(18)17(11-7-4-8-12-17)15-9-5-3-6-10-15/h3,5-6,9-10,14H,4,7-8,11-13H2,1-2H3. The fourth-order valence-electron chi connectivity index (χ4n) is 3.02. The van der Waals surface area contributed by atoms with Gasteiger partial charge in [0.2, 0.25) is 0 Å². The van der Waals surface area contributed by atoms with Crippen molar-refractivity contribution in [3.63, 3.8) is 0 Å². The van der Waals surface area contributed by atoms with Gasteiger partial charge in [-0.15, -0.1) is 0 Å². The highest BCUT2D eigenvalue weighted by Crippen LogP contribution is 2.40. The molecule has 0 bridgehead atoms. The van der Waals surface area contributed by atoms with E-state index in [9.17, 15) is 4.79 Å². The van der Waals surface area contributed by atoms with Crippen LogP contribution in [0.25, 0.3) is 0 Å². The van der Waals surface area contributed by atoms with Crippen LogP contribution in [0.4, 0.5) is 0 Å². The number of rotatable bonds is 5. The first kappa shape index (κ1) is 14.3. The van der Waals surface area contributed by atoms with Gasteiger partial charge in [-0.2, -0.15) is 0 Å². The van der Waals surface area contributed by atoms with Gasteiger partial charge in [0.1, 0.15) is 6.61 Å². The molecule has 0 saturated heterocycles. The third-order valence-corrected chi connectivity index (χ3v) is 4.11. The van der Waals surface area contributed by atoms with Crippen LogP contribution in [0.3, 0.4) is 0 Å². The smallest absolute Gasteiger partial charge is 0.168 e. The zero-order valence-electron chi connectivity index (χ0n) is 12.0. The van der Waals surface area contributed by atoms with Gasteiger partial charge in [0.25, 0.3) is 0 Å². The second kappa shape index (κ2) is 6.33. The lowest BCUT2D eigenvalue weighted by molar-refractivity contribution is -0.132. The molecule has 0 radical (unpaired) electrons. The molecule has 1 aliphatic carbocycles. The number of hydrogen-bond acceptors (Lipinski definition) is 2. The van der Waals surface area contributed by atoms with E-state index < -0.39 is 0 Å². The van der Waals surface area contributed by atoms with Crippen LogP contribution in [0.2, 0.25) is 0 Å². The van der Waals surface area contributed by atoms with Gasteiger partial charge in [0, 0.05) is 0 Å². The van der Waals surface area contributed by atoms with E-state index in [1.54, 1.807) is 0 Å². The Kier molecular flexibility index (Phi) is 4.76. The fourth-order valence-corrected chi connectivity index (χ4v) is 3.02. The molecule has 0 spiro atoms. The maximum absolute atomic E-state index is 12.7. The number of ketones is 1.